The molecule has 26 heavy (non-hydrogen) atoms. The highest BCUT2D eigenvalue weighted by Gasteiger charge is 2.23. The fourth-order valence-electron chi connectivity index (χ4n) is 4.11. The molecule has 1 fully saturated rings. The first-order valence-electron chi connectivity index (χ1n) is 9.26. The molecule has 0 radical (unpaired) electrons. The zero-order chi connectivity index (χ0) is 18.1. The number of halogens is 1. The highest BCUT2D eigenvalue weighted by Crippen LogP contribution is 2.33. The molecule has 4 nitrogen and oxygen atoms in total. The van der Waals surface area contributed by atoms with Crippen molar-refractivity contribution in [2.45, 2.75) is 32.3 Å². The third kappa shape index (κ3) is 3.25. The topological polar surface area (TPSA) is 41.3 Å². The van der Waals surface area contributed by atoms with Crippen molar-refractivity contribution in [3.05, 3.63) is 59.0 Å². The van der Waals surface area contributed by atoms with Crippen LogP contribution in [-0.2, 0) is 0 Å². The SMILES string of the molecule is Cc1c(C(O)CN2CCCCC2)c2cnccc2n1-c1ccc(Cl)cc1. The third-order valence-electron chi connectivity index (χ3n) is 5.35. The number of nitrogens with zero attached hydrogens (tertiary/aromatic N) is 3. The normalized spacial score (nSPS) is 16.9. The summed E-state index contributed by atoms with van der Waals surface area (Å²) in [6.45, 7) is 4.90. The van der Waals surface area contributed by atoms with Gasteiger partial charge in [0.25, 0.3) is 0 Å². The molecule has 0 amide bonds. The predicted octanol–water partition coefficient (Wildman–Crippen LogP) is 4.51. The van der Waals surface area contributed by atoms with Gasteiger partial charge in [-0.1, -0.05) is 18.0 Å². The maximum Gasteiger partial charge on any atom is 0.0940 e. The zero-order valence-corrected chi connectivity index (χ0v) is 15.8. The quantitative estimate of drug-likeness (QED) is 0.735. The lowest BCUT2D eigenvalue weighted by Gasteiger charge is -2.28. The van der Waals surface area contributed by atoms with E-state index in [0.29, 0.717) is 6.54 Å². The Morgan fingerprint density at radius 1 is 1.12 bits per heavy atom. The van der Waals surface area contributed by atoms with Crippen LogP contribution in [0.3, 0.4) is 0 Å². The van der Waals surface area contributed by atoms with Gasteiger partial charge in [0.2, 0.25) is 0 Å². The smallest absolute Gasteiger partial charge is 0.0940 e. The van der Waals surface area contributed by atoms with E-state index < -0.39 is 6.10 Å². The molecule has 136 valence electrons. The van der Waals surface area contributed by atoms with Crippen molar-refractivity contribution >= 4 is 22.5 Å². The molecule has 3 heterocycles. The number of likely N-dealkylation sites (tertiary alicyclic amines) is 1. The molecule has 4 rings (SSSR count). The third-order valence-corrected chi connectivity index (χ3v) is 5.60. The Balaban J connectivity index is 1.77. The average Bonchev–Trinajstić information content (AvgIpc) is 2.95. The van der Waals surface area contributed by atoms with Crippen LogP contribution >= 0.6 is 11.6 Å². The van der Waals surface area contributed by atoms with E-state index >= 15 is 0 Å². The molecule has 1 unspecified atom stereocenters. The molecule has 0 bridgehead atoms. The molecule has 1 aliphatic rings. The van der Waals surface area contributed by atoms with E-state index in [0.717, 1.165) is 46.0 Å². The number of hydrogen-bond donors (Lipinski definition) is 1. The minimum atomic E-state index is -0.520. The second-order valence-electron chi connectivity index (χ2n) is 7.08. The standard InChI is InChI=1S/C21H24ClN3O/c1-15-21(20(26)14-24-11-3-2-4-12-24)18-13-23-10-9-19(18)25(15)17-7-5-16(22)6-8-17/h5-10,13,20,26H,2-4,11-12,14H2,1H3. The fourth-order valence-corrected chi connectivity index (χ4v) is 4.23. The van der Waals surface area contributed by atoms with E-state index in [1.807, 2.05) is 36.5 Å². The summed E-state index contributed by atoms with van der Waals surface area (Å²) in [6, 6.07) is 9.82. The molecular weight excluding hydrogens is 346 g/mol. The van der Waals surface area contributed by atoms with Crippen LogP contribution in [0.4, 0.5) is 0 Å². The van der Waals surface area contributed by atoms with Crippen molar-refractivity contribution < 1.29 is 5.11 Å². The van der Waals surface area contributed by atoms with Crippen LogP contribution in [0.15, 0.2) is 42.7 Å². The Bertz CT molecular complexity index is 898. The molecule has 0 spiro atoms. The molecule has 1 atom stereocenters. The molecule has 1 aromatic carbocycles. The Morgan fingerprint density at radius 2 is 1.85 bits per heavy atom. The molecule has 0 saturated carbocycles. The summed E-state index contributed by atoms with van der Waals surface area (Å²) < 4.78 is 2.18. The molecule has 3 aromatic rings. The maximum absolute atomic E-state index is 11.1. The van der Waals surface area contributed by atoms with Crippen LogP contribution in [0.2, 0.25) is 5.02 Å². The van der Waals surface area contributed by atoms with Gasteiger partial charge in [-0.15, -0.1) is 0 Å². The van der Waals surface area contributed by atoms with Gasteiger partial charge in [0.1, 0.15) is 0 Å². The molecule has 1 saturated heterocycles. The van der Waals surface area contributed by atoms with Gasteiger partial charge in [0.15, 0.2) is 0 Å². The number of aliphatic hydroxyl groups excluding tert-OH is 1. The Kier molecular flexibility index (Phi) is 4.98. The summed E-state index contributed by atoms with van der Waals surface area (Å²) in [5.41, 5.74) is 4.14. The van der Waals surface area contributed by atoms with Gasteiger partial charge in [-0.05, 0) is 63.2 Å². The van der Waals surface area contributed by atoms with Gasteiger partial charge in [-0.3, -0.25) is 4.98 Å². The largest absolute Gasteiger partial charge is 0.387 e. The minimum absolute atomic E-state index is 0.520. The predicted molar refractivity (Wildman–Crippen MR) is 106 cm³/mol. The van der Waals surface area contributed by atoms with Crippen LogP contribution in [-0.4, -0.2) is 39.2 Å². The number of benzene rings is 1. The first kappa shape index (κ1) is 17.5. The molecule has 1 aliphatic heterocycles. The second kappa shape index (κ2) is 7.39. The lowest BCUT2D eigenvalue weighted by molar-refractivity contribution is 0.102. The van der Waals surface area contributed by atoms with Crippen molar-refractivity contribution in [3.8, 4) is 5.69 Å². The number of aromatic nitrogens is 2. The van der Waals surface area contributed by atoms with E-state index in [4.69, 9.17) is 11.6 Å². The number of fused-ring (bicyclic) bond motifs is 1. The summed E-state index contributed by atoms with van der Waals surface area (Å²) in [4.78, 5) is 6.68. The van der Waals surface area contributed by atoms with Gasteiger partial charge in [0.05, 0.1) is 11.6 Å². The lowest BCUT2D eigenvalue weighted by atomic mass is 10.0. The number of piperidine rings is 1. The number of hydrogen-bond acceptors (Lipinski definition) is 3. The Labute approximate surface area is 159 Å². The highest BCUT2D eigenvalue weighted by atomic mass is 35.5. The summed E-state index contributed by atoms with van der Waals surface area (Å²) in [6.07, 6.45) is 6.89. The summed E-state index contributed by atoms with van der Waals surface area (Å²) >= 11 is 6.06. The molecular formula is C21H24ClN3O. The number of β-amino-alcohol motifs (C(OH)–C–C–N with tert-alkyl or cyclic N) is 1. The van der Waals surface area contributed by atoms with Gasteiger partial charge < -0.3 is 14.6 Å². The van der Waals surface area contributed by atoms with Crippen LogP contribution in [0.25, 0.3) is 16.6 Å². The molecule has 1 N–H and O–H groups in total. The highest BCUT2D eigenvalue weighted by molar-refractivity contribution is 6.30. The Morgan fingerprint density at radius 3 is 2.58 bits per heavy atom. The van der Waals surface area contributed by atoms with Gasteiger partial charge in [-0.25, -0.2) is 0 Å². The van der Waals surface area contributed by atoms with E-state index in [2.05, 4.69) is 21.4 Å². The fraction of sp³-hybridized carbons (Fsp3) is 0.381. The first-order valence-corrected chi connectivity index (χ1v) is 9.64. The van der Waals surface area contributed by atoms with Crippen LogP contribution in [0.1, 0.15) is 36.6 Å². The van der Waals surface area contributed by atoms with E-state index in [1.54, 1.807) is 6.20 Å². The summed E-state index contributed by atoms with van der Waals surface area (Å²) in [5.74, 6) is 0. The Hall–Kier alpha value is -1.88. The van der Waals surface area contributed by atoms with Crippen molar-refractivity contribution in [2.75, 3.05) is 19.6 Å². The summed E-state index contributed by atoms with van der Waals surface area (Å²) in [7, 11) is 0. The average molecular weight is 370 g/mol. The molecule has 5 heteroatoms. The van der Waals surface area contributed by atoms with Crippen molar-refractivity contribution in [1.82, 2.24) is 14.5 Å². The summed E-state index contributed by atoms with van der Waals surface area (Å²) in [5, 5.41) is 12.8. The van der Waals surface area contributed by atoms with Gasteiger partial charge in [0, 0.05) is 46.3 Å². The van der Waals surface area contributed by atoms with Crippen molar-refractivity contribution in [3.63, 3.8) is 0 Å². The molecule has 2 aromatic heterocycles. The lowest BCUT2D eigenvalue weighted by Crippen LogP contribution is -2.33. The molecule has 0 aliphatic carbocycles. The monoisotopic (exact) mass is 369 g/mol. The van der Waals surface area contributed by atoms with Crippen molar-refractivity contribution in [2.24, 2.45) is 0 Å². The van der Waals surface area contributed by atoms with E-state index in [9.17, 15) is 5.11 Å². The first-order chi connectivity index (χ1) is 12.6. The van der Waals surface area contributed by atoms with Crippen LogP contribution < -0.4 is 0 Å². The number of rotatable bonds is 4. The van der Waals surface area contributed by atoms with Gasteiger partial charge >= 0.3 is 0 Å². The zero-order valence-electron chi connectivity index (χ0n) is 15.0. The minimum Gasteiger partial charge on any atom is -0.387 e. The van der Waals surface area contributed by atoms with E-state index in [1.165, 1.54) is 19.3 Å². The van der Waals surface area contributed by atoms with Crippen LogP contribution in [0, 0.1) is 6.92 Å². The van der Waals surface area contributed by atoms with Crippen LogP contribution in [0.5, 0.6) is 0 Å². The number of aliphatic hydroxyl groups is 1. The maximum atomic E-state index is 11.1. The number of pyridine rings is 1. The van der Waals surface area contributed by atoms with Gasteiger partial charge in [-0.2, -0.15) is 0 Å². The van der Waals surface area contributed by atoms with Crippen molar-refractivity contribution in [1.29, 1.82) is 0 Å². The second-order valence-corrected chi connectivity index (χ2v) is 7.52. The van der Waals surface area contributed by atoms with E-state index in [-0.39, 0.29) is 0 Å².